The van der Waals surface area contributed by atoms with Crippen LogP contribution < -0.4 is 20.3 Å². The summed E-state index contributed by atoms with van der Waals surface area (Å²) in [7, 11) is 0. The summed E-state index contributed by atoms with van der Waals surface area (Å²) in [5.41, 5.74) is 2.26. The molecule has 160 valence electrons. The number of carbonyl (C=O) groups excluding carboxylic acids is 2. The van der Waals surface area contributed by atoms with Crippen LogP contribution in [-0.4, -0.2) is 50.3 Å². The lowest BCUT2D eigenvalue weighted by molar-refractivity contribution is -0.115. The smallest absolute Gasteiger partial charge is 0.251 e. The van der Waals surface area contributed by atoms with Crippen LogP contribution in [0.1, 0.15) is 31.1 Å². The molecule has 0 bridgehead atoms. The van der Waals surface area contributed by atoms with Crippen molar-refractivity contribution in [1.82, 2.24) is 5.32 Å². The summed E-state index contributed by atoms with van der Waals surface area (Å²) in [5.74, 6) is 0.117. The number of rotatable bonds is 7. The molecule has 3 rings (SSSR count). The largest absolute Gasteiger partial charge is 0.494 e. The highest BCUT2D eigenvalue weighted by Gasteiger charge is 2.22. The normalized spacial score (nSPS) is 18.6. The van der Waals surface area contributed by atoms with Crippen LogP contribution in [-0.2, 0) is 9.53 Å². The highest BCUT2D eigenvalue weighted by molar-refractivity contribution is 5.99. The van der Waals surface area contributed by atoms with Crippen molar-refractivity contribution in [2.45, 2.75) is 33.0 Å². The molecule has 2 atom stereocenters. The van der Waals surface area contributed by atoms with Gasteiger partial charge < -0.3 is 25.0 Å². The number of hydrogen-bond acceptors (Lipinski definition) is 5. The fraction of sp³-hybridized carbons (Fsp3) is 0.391. The summed E-state index contributed by atoms with van der Waals surface area (Å²) in [5, 5.41) is 5.43. The minimum atomic E-state index is -0.306. The average Bonchev–Trinajstić information content (AvgIpc) is 2.72. The molecule has 2 aromatic carbocycles. The van der Waals surface area contributed by atoms with E-state index in [9.17, 15) is 9.59 Å². The molecule has 30 heavy (non-hydrogen) atoms. The van der Waals surface area contributed by atoms with Gasteiger partial charge in [0.15, 0.2) is 0 Å². The van der Waals surface area contributed by atoms with Gasteiger partial charge in [-0.25, -0.2) is 0 Å². The van der Waals surface area contributed by atoms with Gasteiger partial charge >= 0.3 is 0 Å². The van der Waals surface area contributed by atoms with E-state index >= 15 is 0 Å². The zero-order valence-corrected chi connectivity index (χ0v) is 17.7. The van der Waals surface area contributed by atoms with Crippen molar-refractivity contribution in [3.8, 4) is 5.75 Å². The summed E-state index contributed by atoms with van der Waals surface area (Å²) >= 11 is 0. The number of amides is 2. The first kappa shape index (κ1) is 21.6. The van der Waals surface area contributed by atoms with Crippen LogP contribution in [0.25, 0.3) is 0 Å². The van der Waals surface area contributed by atoms with Gasteiger partial charge in [-0.2, -0.15) is 0 Å². The van der Waals surface area contributed by atoms with Gasteiger partial charge in [0.05, 0.1) is 25.4 Å². The monoisotopic (exact) mass is 411 g/mol. The average molecular weight is 412 g/mol. The number of nitrogens with one attached hydrogen (secondary N) is 2. The molecule has 1 aliphatic heterocycles. The van der Waals surface area contributed by atoms with Crippen molar-refractivity contribution in [1.29, 1.82) is 0 Å². The second-order valence-electron chi connectivity index (χ2n) is 7.40. The molecule has 0 saturated carbocycles. The van der Waals surface area contributed by atoms with Crippen LogP contribution in [0.5, 0.6) is 5.75 Å². The van der Waals surface area contributed by atoms with E-state index < -0.39 is 0 Å². The van der Waals surface area contributed by atoms with Crippen LogP contribution in [0.3, 0.4) is 0 Å². The third kappa shape index (κ3) is 5.97. The maximum absolute atomic E-state index is 12.2. The molecule has 2 unspecified atom stereocenters. The lowest BCUT2D eigenvalue weighted by Crippen LogP contribution is -2.45. The molecule has 7 nitrogen and oxygen atoms in total. The number of morpholine rings is 1. The molecule has 0 radical (unpaired) electrons. The number of carbonyl (C=O) groups is 2. The highest BCUT2D eigenvalue weighted by atomic mass is 16.5. The van der Waals surface area contributed by atoms with Gasteiger partial charge in [-0.3, -0.25) is 9.59 Å². The van der Waals surface area contributed by atoms with E-state index in [1.807, 2.05) is 31.2 Å². The molecule has 2 N–H and O–H groups in total. The molecule has 0 spiro atoms. The van der Waals surface area contributed by atoms with Crippen molar-refractivity contribution in [2.75, 3.05) is 36.5 Å². The molecule has 0 aliphatic carbocycles. The van der Waals surface area contributed by atoms with Gasteiger partial charge in [-0.05, 0) is 69.3 Å². The number of ether oxygens (including phenoxy) is 2. The van der Waals surface area contributed by atoms with E-state index in [2.05, 4.69) is 29.4 Å². The van der Waals surface area contributed by atoms with Crippen molar-refractivity contribution >= 4 is 23.2 Å². The Bertz CT molecular complexity index is 842. The summed E-state index contributed by atoms with van der Waals surface area (Å²) in [6.07, 6.45) is 0.374. The van der Waals surface area contributed by atoms with Crippen LogP contribution in [0, 0.1) is 0 Å². The Hall–Kier alpha value is -3.06. The van der Waals surface area contributed by atoms with Crippen LogP contribution in [0.2, 0.25) is 0 Å². The topological polar surface area (TPSA) is 79.9 Å². The van der Waals surface area contributed by atoms with E-state index in [0.29, 0.717) is 23.6 Å². The lowest BCUT2D eigenvalue weighted by Gasteiger charge is -2.36. The van der Waals surface area contributed by atoms with Crippen LogP contribution >= 0.6 is 0 Å². The van der Waals surface area contributed by atoms with Crippen molar-refractivity contribution < 1.29 is 19.1 Å². The summed E-state index contributed by atoms with van der Waals surface area (Å²) < 4.78 is 11.1. The predicted octanol–water partition coefficient (Wildman–Crippen LogP) is 3.07. The molecular weight excluding hydrogens is 382 g/mol. The SMILES string of the molecule is CCOc1ccc(C(=O)NCC(=O)Nc2ccc(N3CC(C)OC(C)C3)cc2)cc1. The van der Waals surface area contributed by atoms with Gasteiger partial charge in [0.1, 0.15) is 5.75 Å². The summed E-state index contributed by atoms with van der Waals surface area (Å²) in [6, 6.07) is 14.5. The van der Waals surface area contributed by atoms with Crippen LogP contribution in [0.4, 0.5) is 11.4 Å². The Morgan fingerprint density at radius 1 is 1.03 bits per heavy atom. The number of benzene rings is 2. The Kier molecular flexibility index (Phi) is 7.30. The Morgan fingerprint density at radius 2 is 1.67 bits per heavy atom. The molecule has 2 aromatic rings. The van der Waals surface area contributed by atoms with Gasteiger partial charge in [0.25, 0.3) is 5.91 Å². The molecule has 1 aliphatic rings. The van der Waals surface area contributed by atoms with E-state index in [1.165, 1.54) is 0 Å². The number of hydrogen-bond donors (Lipinski definition) is 2. The minimum absolute atomic E-state index is 0.105. The zero-order chi connectivity index (χ0) is 21.5. The fourth-order valence-corrected chi connectivity index (χ4v) is 3.48. The Labute approximate surface area is 177 Å². The van der Waals surface area contributed by atoms with Gasteiger partial charge in [-0.15, -0.1) is 0 Å². The quantitative estimate of drug-likeness (QED) is 0.732. The first-order valence-electron chi connectivity index (χ1n) is 10.3. The van der Waals surface area contributed by atoms with E-state index in [4.69, 9.17) is 9.47 Å². The highest BCUT2D eigenvalue weighted by Crippen LogP contribution is 2.22. The molecule has 1 saturated heterocycles. The van der Waals surface area contributed by atoms with Gasteiger partial charge in [-0.1, -0.05) is 0 Å². The van der Waals surface area contributed by atoms with Gasteiger partial charge in [0.2, 0.25) is 5.91 Å². The second kappa shape index (κ2) is 10.1. The first-order valence-corrected chi connectivity index (χ1v) is 10.3. The van der Waals surface area contributed by atoms with E-state index in [1.54, 1.807) is 24.3 Å². The van der Waals surface area contributed by atoms with E-state index in [0.717, 1.165) is 18.8 Å². The lowest BCUT2D eigenvalue weighted by atomic mass is 10.2. The number of anilines is 2. The summed E-state index contributed by atoms with van der Waals surface area (Å²) in [6.45, 7) is 8.18. The molecule has 7 heteroatoms. The number of nitrogens with zero attached hydrogens (tertiary/aromatic N) is 1. The Balaban J connectivity index is 1.48. The molecule has 0 aromatic heterocycles. The predicted molar refractivity (Wildman–Crippen MR) is 117 cm³/mol. The van der Waals surface area contributed by atoms with Crippen molar-refractivity contribution in [3.63, 3.8) is 0 Å². The van der Waals surface area contributed by atoms with E-state index in [-0.39, 0.29) is 30.6 Å². The minimum Gasteiger partial charge on any atom is -0.494 e. The standard InChI is InChI=1S/C23H29N3O4/c1-4-29-21-11-5-18(6-12-21)23(28)24-13-22(27)25-19-7-9-20(10-8-19)26-14-16(2)30-17(3)15-26/h5-12,16-17H,4,13-15H2,1-3H3,(H,24,28)(H,25,27). The summed E-state index contributed by atoms with van der Waals surface area (Å²) in [4.78, 5) is 26.7. The fourth-order valence-electron chi connectivity index (χ4n) is 3.48. The third-order valence-electron chi connectivity index (χ3n) is 4.77. The van der Waals surface area contributed by atoms with Gasteiger partial charge in [0, 0.05) is 30.0 Å². The zero-order valence-electron chi connectivity index (χ0n) is 17.7. The maximum atomic E-state index is 12.2. The van der Waals surface area contributed by atoms with Crippen LogP contribution in [0.15, 0.2) is 48.5 Å². The maximum Gasteiger partial charge on any atom is 0.251 e. The molecular formula is C23H29N3O4. The molecule has 2 amide bonds. The molecule has 1 fully saturated rings. The Morgan fingerprint density at radius 3 is 2.27 bits per heavy atom. The second-order valence-corrected chi connectivity index (χ2v) is 7.40. The van der Waals surface area contributed by atoms with Crippen molar-refractivity contribution in [2.24, 2.45) is 0 Å². The molecule has 1 heterocycles. The third-order valence-corrected chi connectivity index (χ3v) is 4.77. The van der Waals surface area contributed by atoms with Crippen molar-refractivity contribution in [3.05, 3.63) is 54.1 Å². The first-order chi connectivity index (χ1) is 14.4.